The Balaban J connectivity index is 2.16. The summed E-state index contributed by atoms with van der Waals surface area (Å²) in [5, 5.41) is 11.8. The van der Waals surface area contributed by atoms with Gasteiger partial charge in [0.15, 0.2) is 6.61 Å². The van der Waals surface area contributed by atoms with Gasteiger partial charge in [-0.2, -0.15) is 13.2 Å². The number of alkyl halides is 3. The standard InChI is InChI=1S/C17H19F3N4O4/c1-3-14(25)23-13-6-12(16(26)27)22-9-24(13)10(2)11-4-5-15(21-7-11)28-8-17(18,19)20/h4-7,10H,3,8-9H2,1-2H3,(H,23,25)(H,26,27). The van der Waals surface area contributed by atoms with Crippen LogP contribution in [0.2, 0.25) is 0 Å². The highest BCUT2D eigenvalue weighted by Gasteiger charge is 2.29. The van der Waals surface area contributed by atoms with Crippen molar-refractivity contribution in [2.45, 2.75) is 32.5 Å². The van der Waals surface area contributed by atoms with Crippen molar-refractivity contribution in [3.05, 3.63) is 35.8 Å². The van der Waals surface area contributed by atoms with Crippen molar-refractivity contribution in [1.82, 2.24) is 15.2 Å². The highest BCUT2D eigenvalue weighted by Crippen LogP contribution is 2.26. The number of rotatable bonds is 7. The van der Waals surface area contributed by atoms with Gasteiger partial charge < -0.3 is 20.1 Å². The third kappa shape index (κ3) is 5.69. The molecule has 0 aromatic carbocycles. The van der Waals surface area contributed by atoms with Crippen LogP contribution in [-0.4, -0.2) is 52.0 Å². The van der Waals surface area contributed by atoms with E-state index in [4.69, 9.17) is 5.11 Å². The number of aliphatic carboxylic acids is 1. The van der Waals surface area contributed by atoms with Crippen LogP contribution in [0.25, 0.3) is 0 Å². The Labute approximate surface area is 158 Å². The second-order valence-electron chi connectivity index (χ2n) is 5.90. The molecule has 11 heteroatoms. The predicted molar refractivity (Wildman–Crippen MR) is 92.5 cm³/mol. The van der Waals surface area contributed by atoms with E-state index >= 15 is 0 Å². The fourth-order valence-electron chi connectivity index (χ4n) is 2.35. The molecule has 0 spiro atoms. The molecule has 1 aliphatic rings. The fraction of sp³-hybridized carbons (Fsp3) is 0.412. The van der Waals surface area contributed by atoms with Crippen molar-refractivity contribution in [3.8, 4) is 5.88 Å². The van der Waals surface area contributed by atoms with Gasteiger partial charge >= 0.3 is 12.1 Å². The molecule has 2 heterocycles. The van der Waals surface area contributed by atoms with Crippen molar-refractivity contribution in [2.75, 3.05) is 13.3 Å². The van der Waals surface area contributed by atoms with Crippen molar-refractivity contribution in [3.63, 3.8) is 0 Å². The SMILES string of the molecule is CCC(=O)NC1=CC(C(=O)O)=NCN1C(C)c1ccc(OCC(F)(F)F)nc1. The summed E-state index contributed by atoms with van der Waals surface area (Å²) in [6, 6.07) is 2.45. The van der Waals surface area contributed by atoms with E-state index in [1.165, 1.54) is 18.3 Å². The molecule has 1 aromatic heterocycles. The minimum absolute atomic E-state index is 0.0229. The van der Waals surface area contributed by atoms with Gasteiger partial charge in [-0.05, 0) is 12.5 Å². The molecular formula is C17H19F3N4O4. The maximum Gasteiger partial charge on any atom is 0.422 e. The van der Waals surface area contributed by atoms with E-state index in [-0.39, 0.29) is 36.4 Å². The number of carboxylic acid groups (broad SMARTS) is 1. The summed E-state index contributed by atoms with van der Waals surface area (Å²) >= 11 is 0. The second-order valence-corrected chi connectivity index (χ2v) is 5.90. The molecule has 0 fully saturated rings. The topological polar surface area (TPSA) is 104 Å². The summed E-state index contributed by atoms with van der Waals surface area (Å²) in [6.45, 7) is 1.96. The zero-order chi connectivity index (χ0) is 20.9. The van der Waals surface area contributed by atoms with Gasteiger partial charge in [-0.15, -0.1) is 0 Å². The number of aliphatic imine (C=N–C) groups is 1. The molecule has 28 heavy (non-hydrogen) atoms. The Hall–Kier alpha value is -3.11. The molecule has 0 radical (unpaired) electrons. The number of hydrogen-bond acceptors (Lipinski definition) is 6. The molecule has 2 rings (SSSR count). The fourth-order valence-corrected chi connectivity index (χ4v) is 2.35. The van der Waals surface area contributed by atoms with Gasteiger partial charge in [-0.1, -0.05) is 13.0 Å². The van der Waals surface area contributed by atoms with Crippen LogP contribution in [0.1, 0.15) is 31.9 Å². The average molecular weight is 400 g/mol. The number of carbonyl (C=O) groups excluding carboxylic acids is 1. The summed E-state index contributed by atoms with van der Waals surface area (Å²) in [5.74, 6) is -1.43. The lowest BCUT2D eigenvalue weighted by Gasteiger charge is -2.34. The maximum atomic E-state index is 12.2. The van der Waals surface area contributed by atoms with Gasteiger partial charge in [-0.3, -0.25) is 9.79 Å². The number of nitrogens with one attached hydrogen (secondary N) is 1. The lowest BCUT2D eigenvalue weighted by molar-refractivity contribution is -0.154. The molecule has 0 aliphatic carbocycles. The van der Waals surface area contributed by atoms with E-state index in [2.05, 4.69) is 20.0 Å². The van der Waals surface area contributed by atoms with Gasteiger partial charge in [0, 0.05) is 24.8 Å². The van der Waals surface area contributed by atoms with E-state index in [1.807, 2.05) is 0 Å². The number of hydrogen-bond donors (Lipinski definition) is 2. The van der Waals surface area contributed by atoms with Gasteiger partial charge in [0.2, 0.25) is 11.8 Å². The third-order valence-corrected chi connectivity index (χ3v) is 3.88. The number of carbonyl (C=O) groups is 2. The molecule has 1 unspecified atom stereocenters. The van der Waals surface area contributed by atoms with Crippen LogP contribution in [0.5, 0.6) is 5.88 Å². The normalized spacial score (nSPS) is 15.4. The van der Waals surface area contributed by atoms with Gasteiger partial charge in [0.1, 0.15) is 18.2 Å². The molecule has 2 N–H and O–H groups in total. The van der Waals surface area contributed by atoms with Crippen LogP contribution >= 0.6 is 0 Å². The monoisotopic (exact) mass is 400 g/mol. The van der Waals surface area contributed by atoms with Crippen LogP contribution in [0.4, 0.5) is 13.2 Å². The van der Waals surface area contributed by atoms with E-state index in [0.717, 1.165) is 0 Å². The van der Waals surface area contributed by atoms with Crippen molar-refractivity contribution in [1.29, 1.82) is 0 Å². The molecule has 8 nitrogen and oxygen atoms in total. The third-order valence-electron chi connectivity index (χ3n) is 3.88. The molecule has 1 atom stereocenters. The lowest BCUT2D eigenvalue weighted by atomic mass is 10.1. The smallest absolute Gasteiger partial charge is 0.422 e. The summed E-state index contributed by atoms with van der Waals surface area (Å²) < 4.78 is 41.2. The lowest BCUT2D eigenvalue weighted by Crippen LogP contribution is -2.40. The van der Waals surface area contributed by atoms with Crippen molar-refractivity contribution < 1.29 is 32.6 Å². The highest BCUT2D eigenvalue weighted by molar-refractivity contribution is 6.40. The van der Waals surface area contributed by atoms with Crippen LogP contribution in [0.3, 0.4) is 0 Å². The first kappa shape index (κ1) is 21.2. The molecule has 1 aromatic rings. The first-order chi connectivity index (χ1) is 13.1. The number of halogens is 3. The predicted octanol–water partition coefficient (Wildman–Crippen LogP) is 2.25. The average Bonchev–Trinajstić information content (AvgIpc) is 2.65. The Morgan fingerprint density at radius 3 is 2.64 bits per heavy atom. The van der Waals surface area contributed by atoms with Gasteiger partial charge in [0.05, 0.1) is 6.04 Å². The van der Waals surface area contributed by atoms with Crippen LogP contribution < -0.4 is 10.1 Å². The molecule has 1 aliphatic heterocycles. The summed E-state index contributed by atoms with van der Waals surface area (Å²) in [6.07, 6.45) is -1.65. The van der Waals surface area contributed by atoms with E-state index in [1.54, 1.807) is 24.8 Å². The zero-order valence-electron chi connectivity index (χ0n) is 15.2. The molecule has 0 bridgehead atoms. The zero-order valence-corrected chi connectivity index (χ0v) is 15.2. The molecule has 0 saturated carbocycles. The van der Waals surface area contributed by atoms with Crippen molar-refractivity contribution >= 4 is 17.6 Å². The van der Waals surface area contributed by atoms with E-state index in [0.29, 0.717) is 5.56 Å². The molecule has 152 valence electrons. The molecular weight excluding hydrogens is 381 g/mol. The van der Waals surface area contributed by atoms with E-state index < -0.39 is 24.8 Å². The number of pyridine rings is 1. The Kier molecular flexibility index (Phi) is 6.60. The first-order valence-electron chi connectivity index (χ1n) is 8.32. The maximum absolute atomic E-state index is 12.2. The molecule has 0 saturated heterocycles. The van der Waals surface area contributed by atoms with Crippen LogP contribution in [0.15, 0.2) is 35.2 Å². The van der Waals surface area contributed by atoms with Crippen LogP contribution in [-0.2, 0) is 9.59 Å². The minimum Gasteiger partial charge on any atom is -0.477 e. The number of aromatic nitrogens is 1. The summed E-state index contributed by atoms with van der Waals surface area (Å²) in [7, 11) is 0. The van der Waals surface area contributed by atoms with Crippen molar-refractivity contribution in [2.24, 2.45) is 4.99 Å². The Bertz CT molecular complexity index is 791. The number of nitrogens with zero attached hydrogens (tertiary/aromatic N) is 3. The summed E-state index contributed by atoms with van der Waals surface area (Å²) in [5.41, 5.74) is 0.425. The number of amides is 1. The largest absolute Gasteiger partial charge is 0.477 e. The second kappa shape index (κ2) is 8.72. The van der Waals surface area contributed by atoms with Gasteiger partial charge in [-0.25, -0.2) is 9.78 Å². The first-order valence-corrected chi connectivity index (χ1v) is 8.32. The van der Waals surface area contributed by atoms with Gasteiger partial charge in [0.25, 0.3) is 0 Å². The summed E-state index contributed by atoms with van der Waals surface area (Å²) in [4.78, 5) is 32.4. The Morgan fingerprint density at radius 1 is 1.39 bits per heavy atom. The minimum atomic E-state index is -4.46. The number of carboxylic acids is 1. The Morgan fingerprint density at radius 2 is 2.11 bits per heavy atom. The van der Waals surface area contributed by atoms with E-state index in [9.17, 15) is 22.8 Å². The molecule has 1 amide bonds. The highest BCUT2D eigenvalue weighted by atomic mass is 19.4. The van der Waals surface area contributed by atoms with Crippen LogP contribution in [0, 0.1) is 0 Å². The number of ether oxygens (including phenoxy) is 1. The quantitative estimate of drug-likeness (QED) is 0.728.